The highest BCUT2D eigenvalue weighted by Crippen LogP contribution is 2.52. The molecule has 2 N–H and O–H groups in total. The highest BCUT2D eigenvalue weighted by atomic mass is 19.1. The molecule has 1 atom stereocenters. The number of rotatable bonds is 2. The average Bonchev–Trinajstić information content (AvgIpc) is 3.27. The lowest BCUT2D eigenvalue weighted by Crippen LogP contribution is -2.32. The van der Waals surface area contributed by atoms with Crippen molar-refractivity contribution in [1.29, 1.82) is 0 Å². The van der Waals surface area contributed by atoms with Crippen LogP contribution in [0, 0.1) is 17.8 Å². The lowest BCUT2D eigenvalue weighted by Gasteiger charge is -2.33. The van der Waals surface area contributed by atoms with Crippen LogP contribution < -0.4 is 10.5 Å². The maximum Gasteiger partial charge on any atom is 0.283 e. The molecule has 0 saturated carbocycles. The van der Waals surface area contributed by atoms with E-state index in [1.165, 1.54) is 0 Å². The number of hydrogen-bond acceptors (Lipinski definition) is 7. The summed E-state index contributed by atoms with van der Waals surface area (Å²) in [6, 6.07) is 12.9. The fraction of sp³-hybridized carbons (Fsp3) is 0.111. The van der Waals surface area contributed by atoms with E-state index >= 15 is 4.39 Å². The van der Waals surface area contributed by atoms with Gasteiger partial charge in [-0.05, 0) is 48.9 Å². The second-order valence-electron chi connectivity index (χ2n) is 8.17. The second kappa shape index (κ2) is 7.92. The van der Waals surface area contributed by atoms with Gasteiger partial charge in [-0.3, -0.25) is 9.97 Å². The van der Waals surface area contributed by atoms with E-state index in [9.17, 15) is 0 Å². The molecule has 0 amide bonds. The van der Waals surface area contributed by atoms with Crippen LogP contribution in [0.25, 0.3) is 22.4 Å². The summed E-state index contributed by atoms with van der Waals surface area (Å²) in [6.07, 6.45) is 6.75. The molecule has 4 aromatic rings. The Bertz CT molecular complexity index is 1580. The van der Waals surface area contributed by atoms with Crippen molar-refractivity contribution in [3.63, 3.8) is 0 Å². The molecule has 2 aliphatic heterocycles. The third-order valence-corrected chi connectivity index (χ3v) is 6.04. The lowest BCUT2D eigenvalue weighted by molar-refractivity contribution is 0.261. The molecule has 1 aromatic carbocycles. The number of amidine groups is 1. The van der Waals surface area contributed by atoms with Crippen molar-refractivity contribution >= 4 is 6.02 Å². The maximum atomic E-state index is 15.3. The Hall–Kier alpha value is -4.77. The second-order valence-corrected chi connectivity index (χ2v) is 8.17. The van der Waals surface area contributed by atoms with Crippen LogP contribution in [0.15, 0.2) is 72.2 Å². The van der Waals surface area contributed by atoms with E-state index in [4.69, 9.17) is 15.2 Å². The summed E-state index contributed by atoms with van der Waals surface area (Å²) in [5, 5.41) is 0. The number of ether oxygens (including phenoxy) is 2. The SMILES string of the molecule is CC#Cc1cncc(-c2ccc3c(c2)C2(COC(N)=N2)c2cc(-c4cccnc4)nc(F)c2O3)c1. The van der Waals surface area contributed by atoms with Gasteiger partial charge in [0.15, 0.2) is 11.3 Å². The largest absolute Gasteiger partial charge is 0.462 e. The number of fused-ring (bicyclic) bond motifs is 4. The predicted molar refractivity (Wildman–Crippen MR) is 128 cm³/mol. The minimum absolute atomic E-state index is 0.00169. The highest BCUT2D eigenvalue weighted by molar-refractivity contribution is 5.78. The van der Waals surface area contributed by atoms with E-state index in [2.05, 4.69) is 31.8 Å². The molecule has 0 fully saturated rings. The van der Waals surface area contributed by atoms with Gasteiger partial charge in [0.25, 0.3) is 12.0 Å². The maximum absolute atomic E-state index is 15.3. The van der Waals surface area contributed by atoms with Crippen molar-refractivity contribution in [2.24, 2.45) is 10.7 Å². The first kappa shape index (κ1) is 20.8. The normalized spacial score (nSPS) is 17.4. The van der Waals surface area contributed by atoms with Crippen molar-refractivity contribution in [1.82, 2.24) is 15.0 Å². The standard InChI is InChI=1S/C27H18FN5O2/c1-2-4-16-9-19(14-31-12-16)17-6-7-23-20(10-17)27(15-34-26(29)33-27)21-11-22(18-5-3-8-30-13-18)32-25(28)24(21)35-23/h3,5-14H,15H2,1H3,(H2,29,33). The van der Waals surface area contributed by atoms with Crippen molar-refractivity contribution in [2.75, 3.05) is 6.61 Å². The van der Waals surface area contributed by atoms with Crippen molar-refractivity contribution in [3.05, 3.63) is 89.9 Å². The van der Waals surface area contributed by atoms with E-state index in [0.717, 1.165) is 16.7 Å². The minimum atomic E-state index is -1.10. The summed E-state index contributed by atoms with van der Waals surface area (Å²) in [6.45, 7) is 1.88. The number of aromatic nitrogens is 3. The van der Waals surface area contributed by atoms with E-state index in [-0.39, 0.29) is 18.4 Å². The molecule has 2 aliphatic rings. The highest BCUT2D eigenvalue weighted by Gasteiger charge is 2.48. The van der Waals surface area contributed by atoms with E-state index in [1.54, 1.807) is 49.9 Å². The Kier molecular flexibility index (Phi) is 4.71. The van der Waals surface area contributed by atoms with Crippen LogP contribution in [0.5, 0.6) is 11.5 Å². The summed E-state index contributed by atoms with van der Waals surface area (Å²) in [5.41, 5.74) is 9.72. The van der Waals surface area contributed by atoms with Crippen molar-refractivity contribution < 1.29 is 13.9 Å². The molecule has 0 radical (unpaired) electrons. The number of benzene rings is 1. The first-order chi connectivity index (χ1) is 17.1. The number of pyridine rings is 3. The zero-order chi connectivity index (χ0) is 24.0. The number of nitrogens with two attached hydrogens (primary N) is 1. The van der Waals surface area contributed by atoms with E-state index < -0.39 is 11.5 Å². The molecule has 0 aliphatic carbocycles. The molecular weight excluding hydrogens is 445 g/mol. The molecule has 35 heavy (non-hydrogen) atoms. The summed E-state index contributed by atoms with van der Waals surface area (Å²) in [7, 11) is 0. The molecule has 1 unspecified atom stereocenters. The molecular formula is C27H18FN5O2. The zero-order valence-electron chi connectivity index (χ0n) is 18.6. The molecule has 8 heteroatoms. The van der Waals surface area contributed by atoms with Crippen molar-refractivity contribution in [2.45, 2.75) is 12.5 Å². The Morgan fingerprint density at radius 3 is 2.66 bits per heavy atom. The third kappa shape index (κ3) is 3.37. The van der Waals surface area contributed by atoms with Crippen LogP contribution >= 0.6 is 0 Å². The van der Waals surface area contributed by atoms with E-state index in [1.807, 2.05) is 24.3 Å². The van der Waals surface area contributed by atoms with Crippen LogP contribution in [-0.2, 0) is 10.3 Å². The third-order valence-electron chi connectivity index (χ3n) is 6.04. The molecule has 6 rings (SSSR count). The summed E-state index contributed by atoms with van der Waals surface area (Å²) >= 11 is 0. The molecule has 0 bridgehead atoms. The molecule has 1 spiro atoms. The first-order valence-corrected chi connectivity index (χ1v) is 10.9. The fourth-order valence-electron chi connectivity index (χ4n) is 4.46. The fourth-order valence-corrected chi connectivity index (χ4v) is 4.46. The van der Waals surface area contributed by atoms with Gasteiger partial charge in [-0.2, -0.15) is 4.39 Å². The van der Waals surface area contributed by atoms with Gasteiger partial charge in [-0.25, -0.2) is 9.98 Å². The summed E-state index contributed by atoms with van der Waals surface area (Å²) in [4.78, 5) is 17.2. The molecule has 5 heterocycles. The van der Waals surface area contributed by atoms with Crippen LogP contribution in [0.4, 0.5) is 4.39 Å². The van der Waals surface area contributed by atoms with Crippen LogP contribution in [0.2, 0.25) is 0 Å². The van der Waals surface area contributed by atoms with Gasteiger partial charge in [0, 0.05) is 52.6 Å². The Morgan fingerprint density at radius 1 is 1.00 bits per heavy atom. The van der Waals surface area contributed by atoms with Gasteiger partial charge in [0.05, 0.1) is 5.69 Å². The smallest absolute Gasteiger partial charge is 0.283 e. The molecule has 170 valence electrons. The number of halogens is 1. The number of aliphatic imine (C=N–C) groups is 1. The minimum Gasteiger partial charge on any atom is -0.462 e. The monoisotopic (exact) mass is 463 g/mol. The Morgan fingerprint density at radius 2 is 1.89 bits per heavy atom. The quantitative estimate of drug-likeness (QED) is 0.350. The van der Waals surface area contributed by atoms with Gasteiger partial charge in [0.2, 0.25) is 0 Å². The summed E-state index contributed by atoms with van der Waals surface area (Å²) < 4.78 is 27.0. The lowest BCUT2D eigenvalue weighted by atomic mass is 9.80. The van der Waals surface area contributed by atoms with Gasteiger partial charge < -0.3 is 15.2 Å². The predicted octanol–water partition coefficient (Wildman–Crippen LogP) is 4.41. The Labute approximate surface area is 200 Å². The number of hydrogen-bond donors (Lipinski definition) is 1. The topological polar surface area (TPSA) is 95.5 Å². The molecule has 0 saturated heterocycles. The van der Waals surface area contributed by atoms with Crippen LogP contribution in [0.3, 0.4) is 0 Å². The Balaban J connectivity index is 1.56. The van der Waals surface area contributed by atoms with Crippen LogP contribution in [0.1, 0.15) is 23.6 Å². The van der Waals surface area contributed by atoms with Gasteiger partial charge in [-0.15, -0.1) is 5.92 Å². The first-order valence-electron chi connectivity index (χ1n) is 10.9. The number of nitrogens with zero attached hydrogens (tertiary/aromatic N) is 4. The zero-order valence-corrected chi connectivity index (χ0v) is 18.6. The van der Waals surface area contributed by atoms with Gasteiger partial charge >= 0.3 is 0 Å². The summed E-state index contributed by atoms with van der Waals surface area (Å²) in [5.74, 6) is 5.63. The van der Waals surface area contributed by atoms with Crippen molar-refractivity contribution in [3.8, 4) is 45.7 Å². The van der Waals surface area contributed by atoms with Crippen LogP contribution in [-0.4, -0.2) is 27.6 Å². The average molecular weight is 463 g/mol. The molecule has 3 aromatic heterocycles. The van der Waals surface area contributed by atoms with Gasteiger partial charge in [0.1, 0.15) is 12.4 Å². The van der Waals surface area contributed by atoms with E-state index in [0.29, 0.717) is 28.1 Å². The molecule has 7 nitrogen and oxygen atoms in total. The van der Waals surface area contributed by atoms with Gasteiger partial charge in [-0.1, -0.05) is 12.0 Å².